The number of pyridine rings is 1. The highest BCUT2D eigenvalue weighted by Crippen LogP contribution is 2.37. The van der Waals surface area contributed by atoms with Crippen molar-refractivity contribution in [3.63, 3.8) is 0 Å². The Bertz CT molecular complexity index is 1040. The number of anilines is 1. The number of aromatic nitrogens is 1. The first-order valence-electron chi connectivity index (χ1n) is 10.6. The summed E-state index contributed by atoms with van der Waals surface area (Å²) in [6, 6.07) is 7.06. The monoisotopic (exact) mass is 502 g/mol. The zero-order valence-electron chi connectivity index (χ0n) is 18.6. The number of benzene rings is 1. The summed E-state index contributed by atoms with van der Waals surface area (Å²) >= 11 is 0. The summed E-state index contributed by atoms with van der Waals surface area (Å²) in [5.41, 5.74) is 8.10. The van der Waals surface area contributed by atoms with Gasteiger partial charge in [-0.05, 0) is 62.1 Å². The molecule has 1 aliphatic carbocycles. The highest BCUT2D eigenvalue weighted by molar-refractivity contribution is 5.94. The van der Waals surface area contributed by atoms with Crippen molar-refractivity contribution in [1.29, 1.82) is 0 Å². The third-order valence-electron chi connectivity index (χ3n) is 5.77. The van der Waals surface area contributed by atoms with Crippen LogP contribution in [0.4, 0.5) is 37.7 Å². The molecule has 5 N–H and O–H groups in total. The summed E-state index contributed by atoms with van der Waals surface area (Å²) in [5.74, 6) is -0.420. The van der Waals surface area contributed by atoms with Crippen molar-refractivity contribution in [3.8, 4) is 0 Å². The summed E-state index contributed by atoms with van der Waals surface area (Å²) in [6.45, 7) is 0. The molecule has 0 saturated heterocycles. The van der Waals surface area contributed by atoms with Gasteiger partial charge in [0.25, 0.3) is 5.91 Å². The number of hydrogen-bond acceptors (Lipinski definition) is 4. The molecule has 1 aliphatic rings. The van der Waals surface area contributed by atoms with Gasteiger partial charge in [-0.15, -0.1) is 0 Å². The molecule has 190 valence electrons. The number of guanidine groups is 1. The first kappa shape index (κ1) is 26.1. The molecule has 1 amide bonds. The van der Waals surface area contributed by atoms with E-state index in [2.05, 4.69) is 15.3 Å². The minimum absolute atomic E-state index is 0.111. The molecule has 1 saturated carbocycles. The fourth-order valence-electron chi connectivity index (χ4n) is 3.93. The fourth-order valence-corrected chi connectivity index (χ4v) is 3.93. The maximum absolute atomic E-state index is 13.1. The molecule has 1 fully saturated rings. The molecule has 0 bridgehead atoms. The Balaban J connectivity index is 1.64. The lowest BCUT2D eigenvalue weighted by atomic mass is 9.90. The van der Waals surface area contributed by atoms with Crippen LogP contribution < -0.4 is 21.7 Å². The Morgan fingerprint density at radius 3 is 1.94 bits per heavy atom. The number of hydrogen-bond donors (Lipinski definition) is 3. The van der Waals surface area contributed by atoms with Crippen LogP contribution in [0.15, 0.2) is 41.4 Å². The number of carbonyl (C=O) groups excluding carboxylic acids is 1. The molecule has 0 spiro atoms. The lowest BCUT2D eigenvalue weighted by molar-refractivity contribution is -0.150. The molecule has 0 aliphatic heterocycles. The van der Waals surface area contributed by atoms with Crippen LogP contribution in [0.2, 0.25) is 0 Å². The Kier molecular flexibility index (Phi) is 7.46. The van der Waals surface area contributed by atoms with Gasteiger partial charge in [-0.25, -0.2) is 9.98 Å². The van der Waals surface area contributed by atoms with E-state index in [1.165, 1.54) is 11.9 Å². The van der Waals surface area contributed by atoms with E-state index >= 15 is 0 Å². The first-order valence-corrected chi connectivity index (χ1v) is 10.6. The standard InChI is InChI=1S/C22H24F6N6O/c1-34(16-10-17(21(23,24)25)33-18(11-16)22(26,27)28)15-8-6-13(7-9-15)31-19(35)12-2-4-14(5-3-12)32-20(29)30/h2-5,10-11,13,15H,6-9H2,1H3,(H,31,35)(H4,29,30,32). The fraction of sp³-hybridized carbons (Fsp3) is 0.409. The molecular formula is C22H24F6N6O. The molecule has 1 heterocycles. The minimum atomic E-state index is -5.01. The third-order valence-corrected chi connectivity index (χ3v) is 5.77. The maximum Gasteiger partial charge on any atom is 0.433 e. The molecule has 0 unspecified atom stereocenters. The second-order valence-electron chi connectivity index (χ2n) is 8.26. The predicted molar refractivity (Wildman–Crippen MR) is 118 cm³/mol. The molecule has 3 rings (SSSR count). The van der Waals surface area contributed by atoms with E-state index in [0.29, 0.717) is 49.1 Å². The molecule has 7 nitrogen and oxygen atoms in total. The van der Waals surface area contributed by atoms with Gasteiger partial charge >= 0.3 is 12.4 Å². The largest absolute Gasteiger partial charge is 0.433 e. The number of nitrogens with one attached hydrogen (secondary N) is 1. The number of nitrogens with two attached hydrogens (primary N) is 2. The van der Waals surface area contributed by atoms with Crippen LogP contribution in [0.3, 0.4) is 0 Å². The lowest BCUT2D eigenvalue weighted by Crippen LogP contribution is -2.43. The Hall–Kier alpha value is -3.51. The molecule has 13 heteroatoms. The number of nitrogens with zero attached hydrogens (tertiary/aromatic N) is 3. The topological polar surface area (TPSA) is 110 Å². The number of amides is 1. The number of carbonyl (C=O) groups is 1. The van der Waals surface area contributed by atoms with Crippen molar-refractivity contribution >= 4 is 23.2 Å². The van der Waals surface area contributed by atoms with E-state index in [4.69, 9.17) is 11.5 Å². The van der Waals surface area contributed by atoms with Crippen LogP contribution in [0.25, 0.3) is 0 Å². The van der Waals surface area contributed by atoms with Gasteiger partial charge in [-0.1, -0.05) is 0 Å². The zero-order chi connectivity index (χ0) is 26.0. The van der Waals surface area contributed by atoms with Crippen molar-refractivity contribution in [2.24, 2.45) is 16.5 Å². The Morgan fingerprint density at radius 2 is 1.49 bits per heavy atom. The van der Waals surface area contributed by atoms with Crippen molar-refractivity contribution in [2.45, 2.75) is 50.1 Å². The van der Waals surface area contributed by atoms with E-state index in [0.717, 1.165) is 0 Å². The summed E-state index contributed by atoms with van der Waals surface area (Å²) in [5, 5.41) is 2.90. The van der Waals surface area contributed by atoms with E-state index in [1.54, 1.807) is 24.3 Å². The predicted octanol–water partition coefficient (Wildman–Crippen LogP) is 4.20. The minimum Gasteiger partial charge on any atom is -0.371 e. The van der Waals surface area contributed by atoms with Crippen molar-refractivity contribution in [2.75, 3.05) is 11.9 Å². The van der Waals surface area contributed by atoms with Gasteiger partial charge in [0.1, 0.15) is 11.4 Å². The van der Waals surface area contributed by atoms with E-state index < -0.39 is 23.7 Å². The van der Waals surface area contributed by atoms with E-state index in [9.17, 15) is 31.1 Å². The van der Waals surface area contributed by atoms with Crippen LogP contribution in [0, 0.1) is 0 Å². The van der Waals surface area contributed by atoms with Gasteiger partial charge in [-0.3, -0.25) is 4.79 Å². The number of alkyl halides is 6. The van der Waals surface area contributed by atoms with Crippen LogP contribution >= 0.6 is 0 Å². The normalized spacial score (nSPS) is 18.6. The third kappa shape index (κ3) is 6.76. The molecular weight excluding hydrogens is 478 g/mol. The lowest BCUT2D eigenvalue weighted by Gasteiger charge is -2.36. The van der Waals surface area contributed by atoms with Crippen LogP contribution in [0.1, 0.15) is 47.4 Å². The van der Waals surface area contributed by atoms with E-state index in [-0.39, 0.29) is 29.6 Å². The average Bonchev–Trinajstić information content (AvgIpc) is 2.77. The second kappa shape index (κ2) is 10.0. The molecule has 2 aromatic rings. The summed E-state index contributed by atoms with van der Waals surface area (Å²) < 4.78 is 78.8. The highest BCUT2D eigenvalue weighted by atomic mass is 19.4. The Labute approximate surface area is 197 Å². The maximum atomic E-state index is 13.1. The average molecular weight is 502 g/mol. The molecule has 0 atom stereocenters. The van der Waals surface area contributed by atoms with Gasteiger partial charge in [0, 0.05) is 30.4 Å². The van der Waals surface area contributed by atoms with Crippen molar-refractivity contribution in [1.82, 2.24) is 10.3 Å². The first-order chi connectivity index (χ1) is 16.2. The van der Waals surface area contributed by atoms with Gasteiger partial charge < -0.3 is 21.7 Å². The summed E-state index contributed by atoms with van der Waals surface area (Å²) in [4.78, 5) is 20.6. The molecule has 0 radical (unpaired) electrons. The van der Waals surface area contributed by atoms with Crippen LogP contribution in [-0.4, -0.2) is 36.0 Å². The van der Waals surface area contributed by atoms with Crippen molar-refractivity contribution in [3.05, 3.63) is 53.3 Å². The summed E-state index contributed by atoms with van der Waals surface area (Å²) in [7, 11) is 1.46. The van der Waals surface area contributed by atoms with Gasteiger partial charge in [0.2, 0.25) is 0 Å². The SMILES string of the molecule is CN(c1cc(C(F)(F)F)nc(C(F)(F)F)c1)C1CCC(NC(=O)c2ccc(N=C(N)N)cc2)CC1. The highest BCUT2D eigenvalue weighted by Gasteiger charge is 2.39. The van der Waals surface area contributed by atoms with Gasteiger partial charge in [-0.2, -0.15) is 26.3 Å². The van der Waals surface area contributed by atoms with E-state index in [1.807, 2.05) is 0 Å². The molecule has 35 heavy (non-hydrogen) atoms. The van der Waals surface area contributed by atoms with Crippen LogP contribution in [0.5, 0.6) is 0 Å². The second-order valence-corrected chi connectivity index (χ2v) is 8.26. The summed E-state index contributed by atoms with van der Waals surface area (Å²) in [6.07, 6.45) is -8.07. The Morgan fingerprint density at radius 1 is 0.971 bits per heavy atom. The number of aliphatic imine (C=N–C) groups is 1. The van der Waals surface area contributed by atoms with Gasteiger partial charge in [0.05, 0.1) is 5.69 Å². The van der Waals surface area contributed by atoms with Crippen LogP contribution in [-0.2, 0) is 12.4 Å². The molecule has 1 aromatic carbocycles. The number of halogens is 6. The number of rotatable bonds is 5. The molecule has 1 aromatic heterocycles. The quantitative estimate of drug-likeness (QED) is 0.323. The zero-order valence-corrected chi connectivity index (χ0v) is 18.6. The van der Waals surface area contributed by atoms with Crippen molar-refractivity contribution < 1.29 is 31.1 Å². The smallest absolute Gasteiger partial charge is 0.371 e. The van der Waals surface area contributed by atoms with Gasteiger partial charge in [0.15, 0.2) is 5.96 Å².